The van der Waals surface area contributed by atoms with E-state index in [1.165, 1.54) is 0 Å². The molecule has 6 nitrogen and oxygen atoms in total. The fourth-order valence-electron chi connectivity index (χ4n) is 2.92. The number of carbonyl (C=O) groups is 1. The fraction of sp³-hybridized carbons (Fsp3) is 0.529. The lowest BCUT2D eigenvalue weighted by Gasteiger charge is -2.28. The van der Waals surface area contributed by atoms with E-state index in [2.05, 4.69) is 15.6 Å². The van der Waals surface area contributed by atoms with Crippen molar-refractivity contribution >= 4 is 11.7 Å². The van der Waals surface area contributed by atoms with Gasteiger partial charge in [-0.05, 0) is 44.2 Å². The SMILES string of the molecule is Cc1cccn2cc(CCNC(=O)NC(C)(CO)C3CC3)nc12. The average Bonchev–Trinajstić information content (AvgIpc) is 3.29. The lowest BCUT2D eigenvalue weighted by atomic mass is 9.97. The van der Waals surface area contributed by atoms with E-state index in [4.69, 9.17) is 0 Å². The second-order valence-electron chi connectivity index (χ2n) is 6.64. The number of rotatable bonds is 6. The number of imidazole rings is 1. The first-order valence-corrected chi connectivity index (χ1v) is 8.12. The topological polar surface area (TPSA) is 78.7 Å². The van der Waals surface area contributed by atoms with E-state index < -0.39 is 5.54 Å². The molecule has 1 unspecified atom stereocenters. The summed E-state index contributed by atoms with van der Waals surface area (Å²) in [5, 5.41) is 15.3. The Morgan fingerprint density at radius 3 is 2.96 bits per heavy atom. The van der Waals surface area contributed by atoms with Gasteiger partial charge in [0.2, 0.25) is 0 Å². The van der Waals surface area contributed by atoms with Crippen molar-refractivity contribution in [2.45, 2.75) is 38.6 Å². The molecule has 23 heavy (non-hydrogen) atoms. The number of aliphatic hydroxyl groups excluding tert-OH is 1. The molecule has 2 aromatic rings. The molecule has 124 valence electrons. The molecular formula is C17H24N4O2. The molecule has 0 bridgehead atoms. The van der Waals surface area contributed by atoms with Crippen LogP contribution in [-0.2, 0) is 6.42 Å². The summed E-state index contributed by atoms with van der Waals surface area (Å²) in [4.78, 5) is 16.6. The highest BCUT2D eigenvalue weighted by atomic mass is 16.3. The van der Waals surface area contributed by atoms with Crippen molar-refractivity contribution in [1.82, 2.24) is 20.0 Å². The van der Waals surface area contributed by atoms with Gasteiger partial charge in [0.05, 0.1) is 17.8 Å². The van der Waals surface area contributed by atoms with Gasteiger partial charge in [0.25, 0.3) is 0 Å². The number of aromatic nitrogens is 2. The van der Waals surface area contributed by atoms with E-state index in [0.29, 0.717) is 18.9 Å². The molecule has 3 rings (SSSR count). The third kappa shape index (κ3) is 3.47. The van der Waals surface area contributed by atoms with Gasteiger partial charge in [-0.25, -0.2) is 9.78 Å². The molecule has 2 aromatic heterocycles. The summed E-state index contributed by atoms with van der Waals surface area (Å²) < 4.78 is 2.00. The van der Waals surface area contributed by atoms with Crippen LogP contribution in [0.25, 0.3) is 5.65 Å². The number of urea groups is 1. The van der Waals surface area contributed by atoms with Crippen molar-refractivity contribution in [1.29, 1.82) is 0 Å². The second kappa shape index (κ2) is 6.20. The molecule has 1 aliphatic rings. The minimum atomic E-state index is -0.510. The largest absolute Gasteiger partial charge is 0.394 e. The van der Waals surface area contributed by atoms with Crippen LogP contribution in [0, 0.1) is 12.8 Å². The van der Waals surface area contributed by atoms with Crippen LogP contribution in [0.2, 0.25) is 0 Å². The maximum atomic E-state index is 12.0. The molecule has 0 aromatic carbocycles. The van der Waals surface area contributed by atoms with Gasteiger partial charge in [-0.15, -0.1) is 0 Å². The lowest BCUT2D eigenvalue weighted by molar-refractivity contribution is 0.155. The quantitative estimate of drug-likeness (QED) is 0.758. The van der Waals surface area contributed by atoms with E-state index in [1.54, 1.807) is 0 Å². The maximum Gasteiger partial charge on any atom is 0.315 e. The van der Waals surface area contributed by atoms with E-state index in [9.17, 15) is 9.90 Å². The number of amides is 2. The van der Waals surface area contributed by atoms with Crippen LogP contribution in [0.4, 0.5) is 4.79 Å². The summed E-state index contributed by atoms with van der Waals surface area (Å²) in [5.41, 5.74) is 2.53. The summed E-state index contributed by atoms with van der Waals surface area (Å²) in [6.45, 7) is 4.41. The normalized spacial score (nSPS) is 17.0. The van der Waals surface area contributed by atoms with Gasteiger partial charge in [0.1, 0.15) is 5.65 Å². The summed E-state index contributed by atoms with van der Waals surface area (Å²) in [7, 11) is 0. The molecule has 0 aliphatic heterocycles. The predicted molar refractivity (Wildman–Crippen MR) is 88.4 cm³/mol. The van der Waals surface area contributed by atoms with E-state index in [-0.39, 0.29) is 12.6 Å². The Kier molecular flexibility index (Phi) is 4.26. The standard InChI is InChI=1S/C17H24N4O2/c1-12-4-3-9-21-10-14(19-15(12)21)7-8-18-16(23)20-17(2,11-22)13-5-6-13/h3-4,9-10,13,22H,5-8,11H2,1-2H3,(H2,18,20,23). The molecule has 0 spiro atoms. The van der Waals surface area contributed by atoms with Crippen LogP contribution in [0.15, 0.2) is 24.5 Å². The monoisotopic (exact) mass is 316 g/mol. The Bertz CT molecular complexity index is 708. The van der Waals surface area contributed by atoms with Gasteiger partial charge >= 0.3 is 6.03 Å². The number of pyridine rings is 1. The van der Waals surface area contributed by atoms with E-state index in [1.807, 2.05) is 42.8 Å². The van der Waals surface area contributed by atoms with Gasteiger partial charge in [0, 0.05) is 25.4 Å². The summed E-state index contributed by atoms with van der Waals surface area (Å²) in [5.74, 6) is 0.389. The van der Waals surface area contributed by atoms with Gasteiger partial charge in [-0.2, -0.15) is 0 Å². The Morgan fingerprint density at radius 1 is 1.52 bits per heavy atom. The summed E-state index contributed by atoms with van der Waals surface area (Å²) >= 11 is 0. The van der Waals surface area contributed by atoms with Crippen molar-refractivity contribution < 1.29 is 9.90 Å². The number of hydrogen-bond acceptors (Lipinski definition) is 3. The Morgan fingerprint density at radius 2 is 2.30 bits per heavy atom. The number of nitrogens with one attached hydrogen (secondary N) is 2. The average molecular weight is 316 g/mol. The number of fused-ring (bicyclic) bond motifs is 1. The van der Waals surface area contributed by atoms with Crippen molar-refractivity contribution in [2.24, 2.45) is 5.92 Å². The first kappa shape index (κ1) is 15.8. The molecule has 3 N–H and O–H groups in total. The fourth-order valence-corrected chi connectivity index (χ4v) is 2.92. The minimum Gasteiger partial charge on any atom is -0.394 e. The van der Waals surface area contributed by atoms with E-state index in [0.717, 1.165) is 29.7 Å². The molecule has 1 fully saturated rings. The molecule has 1 saturated carbocycles. The first-order chi connectivity index (χ1) is 11.0. The van der Waals surface area contributed by atoms with Crippen LogP contribution in [0.1, 0.15) is 31.0 Å². The number of hydrogen-bond donors (Lipinski definition) is 3. The smallest absolute Gasteiger partial charge is 0.315 e. The zero-order chi connectivity index (χ0) is 16.4. The highest BCUT2D eigenvalue weighted by Crippen LogP contribution is 2.39. The Hall–Kier alpha value is -2.08. The minimum absolute atomic E-state index is 0.0310. The van der Waals surface area contributed by atoms with Gasteiger partial charge in [-0.3, -0.25) is 0 Å². The second-order valence-corrected chi connectivity index (χ2v) is 6.64. The molecule has 0 saturated heterocycles. The summed E-state index contributed by atoms with van der Waals surface area (Å²) in [6.07, 6.45) is 6.77. The van der Waals surface area contributed by atoms with Crippen molar-refractivity contribution in [2.75, 3.05) is 13.2 Å². The van der Waals surface area contributed by atoms with E-state index >= 15 is 0 Å². The maximum absolute atomic E-state index is 12.0. The van der Waals surface area contributed by atoms with Gasteiger partial charge in [0.15, 0.2) is 0 Å². The van der Waals surface area contributed by atoms with Gasteiger partial charge in [-0.1, -0.05) is 6.07 Å². The highest BCUT2D eigenvalue weighted by molar-refractivity contribution is 5.74. The molecule has 0 radical (unpaired) electrons. The van der Waals surface area contributed by atoms with Crippen LogP contribution in [0.3, 0.4) is 0 Å². The molecule has 1 atom stereocenters. The molecular weight excluding hydrogens is 292 g/mol. The van der Waals surface area contributed by atoms with Crippen LogP contribution >= 0.6 is 0 Å². The molecule has 1 aliphatic carbocycles. The number of carbonyl (C=O) groups excluding carboxylic acids is 1. The zero-order valence-electron chi connectivity index (χ0n) is 13.7. The Balaban J connectivity index is 1.52. The zero-order valence-corrected chi connectivity index (χ0v) is 13.7. The molecule has 2 amide bonds. The number of nitrogens with zero attached hydrogens (tertiary/aromatic N) is 2. The molecule has 2 heterocycles. The van der Waals surface area contributed by atoms with Crippen molar-refractivity contribution in [3.05, 3.63) is 35.8 Å². The lowest BCUT2D eigenvalue weighted by Crippen LogP contribution is -2.54. The number of aliphatic hydroxyl groups is 1. The summed E-state index contributed by atoms with van der Waals surface area (Å²) in [6, 6.07) is 3.80. The van der Waals surface area contributed by atoms with Crippen LogP contribution in [-0.4, -0.2) is 39.2 Å². The number of aryl methyl sites for hydroxylation is 1. The third-order valence-electron chi connectivity index (χ3n) is 4.60. The predicted octanol–water partition coefficient (Wildman–Crippen LogP) is 1.65. The molecule has 6 heteroatoms. The third-order valence-corrected chi connectivity index (χ3v) is 4.60. The van der Waals surface area contributed by atoms with Crippen LogP contribution < -0.4 is 10.6 Å². The van der Waals surface area contributed by atoms with Crippen LogP contribution in [0.5, 0.6) is 0 Å². The van der Waals surface area contributed by atoms with Crippen molar-refractivity contribution in [3.63, 3.8) is 0 Å². The van der Waals surface area contributed by atoms with Gasteiger partial charge < -0.3 is 20.1 Å². The van der Waals surface area contributed by atoms with Crippen molar-refractivity contribution in [3.8, 4) is 0 Å². The highest BCUT2D eigenvalue weighted by Gasteiger charge is 2.42. The first-order valence-electron chi connectivity index (χ1n) is 8.12. The Labute approximate surface area is 135 Å².